The highest BCUT2D eigenvalue weighted by Gasteiger charge is 2.57. The Hall–Kier alpha value is -0.680. The molecule has 2 aliphatic rings. The van der Waals surface area contributed by atoms with E-state index >= 15 is 0 Å². The summed E-state index contributed by atoms with van der Waals surface area (Å²) < 4.78 is 11.4. The molecule has 0 amide bonds. The quantitative estimate of drug-likeness (QED) is 0.516. The van der Waals surface area contributed by atoms with Crippen molar-refractivity contribution in [1.82, 2.24) is 0 Å². The topological polar surface area (TPSA) is 61.6 Å². The summed E-state index contributed by atoms with van der Waals surface area (Å²) in [6, 6.07) is 0. The highest BCUT2D eigenvalue weighted by atomic mass is 16.7. The molecule has 1 heterocycles. The minimum absolute atomic E-state index is 0.0257. The van der Waals surface area contributed by atoms with Gasteiger partial charge in [-0.05, 0) is 6.42 Å². The summed E-state index contributed by atoms with van der Waals surface area (Å²) in [5, 5.41) is 10.5. The van der Waals surface area contributed by atoms with Crippen molar-refractivity contribution in [3.05, 3.63) is 10.1 Å². The van der Waals surface area contributed by atoms with Gasteiger partial charge in [-0.3, -0.25) is 10.1 Å². The third kappa shape index (κ3) is 1.74. The van der Waals surface area contributed by atoms with Crippen LogP contribution in [0, 0.1) is 21.4 Å². The van der Waals surface area contributed by atoms with Crippen LogP contribution in [0.25, 0.3) is 0 Å². The molecule has 1 spiro atoms. The van der Waals surface area contributed by atoms with Gasteiger partial charge in [-0.2, -0.15) is 0 Å². The molecule has 15 heavy (non-hydrogen) atoms. The lowest BCUT2D eigenvalue weighted by Crippen LogP contribution is -2.40. The van der Waals surface area contributed by atoms with E-state index in [1.807, 2.05) is 0 Å². The summed E-state index contributed by atoms with van der Waals surface area (Å²) in [7, 11) is 0. The van der Waals surface area contributed by atoms with Crippen LogP contribution in [0.1, 0.15) is 26.7 Å². The second-order valence-electron chi connectivity index (χ2n) is 5.12. The molecule has 1 unspecified atom stereocenters. The van der Waals surface area contributed by atoms with Gasteiger partial charge in [0, 0.05) is 22.7 Å². The zero-order valence-electron chi connectivity index (χ0n) is 9.19. The molecule has 0 N–H and O–H groups in total. The van der Waals surface area contributed by atoms with Gasteiger partial charge in [0.25, 0.3) is 0 Å². The van der Waals surface area contributed by atoms with E-state index in [1.165, 1.54) is 0 Å². The van der Waals surface area contributed by atoms with E-state index in [9.17, 15) is 10.1 Å². The molecular formula is C10H17NO4. The van der Waals surface area contributed by atoms with Gasteiger partial charge in [0.15, 0.2) is 5.79 Å². The second kappa shape index (κ2) is 3.42. The highest BCUT2D eigenvalue weighted by Crippen LogP contribution is 2.53. The highest BCUT2D eigenvalue weighted by molar-refractivity contribution is 4.99. The van der Waals surface area contributed by atoms with Gasteiger partial charge in [0.1, 0.15) is 0 Å². The standard InChI is InChI=1S/C10H17NO4/c1-9(2)5-8(7-11(12)13)6-10(9)14-3-4-15-10/h8H,3-7H2,1-2H3. The van der Waals surface area contributed by atoms with E-state index < -0.39 is 5.79 Å². The Morgan fingerprint density at radius 1 is 1.33 bits per heavy atom. The predicted octanol–water partition coefficient (Wildman–Crippen LogP) is 1.44. The van der Waals surface area contributed by atoms with Gasteiger partial charge < -0.3 is 9.47 Å². The van der Waals surface area contributed by atoms with Crippen LogP contribution in [0.15, 0.2) is 0 Å². The van der Waals surface area contributed by atoms with Gasteiger partial charge in [-0.1, -0.05) is 13.8 Å². The van der Waals surface area contributed by atoms with E-state index in [2.05, 4.69) is 13.8 Å². The van der Waals surface area contributed by atoms with Crippen molar-refractivity contribution in [2.24, 2.45) is 11.3 Å². The molecule has 1 aliphatic carbocycles. The zero-order chi connectivity index (χ0) is 11.1. The number of hydrogen-bond donors (Lipinski definition) is 0. The average Bonchev–Trinajstić information content (AvgIpc) is 2.59. The first kappa shape index (κ1) is 10.8. The molecule has 0 aromatic carbocycles. The van der Waals surface area contributed by atoms with Crippen molar-refractivity contribution in [1.29, 1.82) is 0 Å². The predicted molar refractivity (Wildman–Crippen MR) is 53.0 cm³/mol. The van der Waals surface area contributed by atoms with E-state index in [-0.39, 0.29) is 22.8 Å². The van der Waals surface area contributed by atoms with Gasteiger partial charge in [-0.25, -0.2) is 0 Å². The molecule has 1 aliphatic heterocycles. The van der Waals surface area contributed by atoms with Crippen molar-refractivity contribution in [2.75, 3.05) is 19.8 Å². The minimum atomic E-state index is -0.562. The molecule has 2 rings (SSSR count). The van der Waals surface area contributed by atoms with Crippen LogP contribution in [0.4, 0.5) is 0 Å². The minimum Gasteiger partial charge on any atom is -0.347 e. The first-order valence-corrected chi connectivity index (χ1v) is 5.35. The van der Waals surface area contributed by atoms with E-state index in [0.29, 0.717) is 19.6 Å². The molecule has 5 nitrogen and oxygen atoms in total. The lowest BCUT2D eigenvalue weighted by atomic mass is 9.85. The Labute approximate surface area is 88.9 Å². The molecule has 1 saturated carbocycles. The first-order chi connectivity index (χ1) is 6.95. The van der Waals surface area contributed by atoms with Crippen LogP contribution in [-0.4, -0.2) is 30.5 Å². The summed E-state index contributed by atoms with van der Waals surface area (Å²) in [4.78, 5) is 10.3. The van der Waals surface area contributed by atoms with Gasteiger partial charge in [0.2, 0.25) is 6.54 Å². The van der Waals surface area contributed by atoms with Crippen molar-refractivity contribution in [3.8, 4) is 0 Å². The fourth-order valence-corrected chi connectivity index (χ4v) is 2.91. The van der Waals surface area contributed by atoms with E-state index in [4.69, 9.17) is 9.47 Å². The van der Waals surface area contributed by atoms with E-state index in [0.717, 1.165) is 6.42 Å². The number of nitro groups is 1. The summed E-state index contributed by atoms with van der Waals surface area (Å²) in [6.07, 6.45) is 1.45. The second-order valence-corrected chi connectivity index (χ2v) is 5.12. The van der Waals surface area contributed by atoms with Crippen LogP contribution in [0.5, 0.6) is 0 Å². The van der Waals surface area contributed by atoms with Crippen molar-refractivity contribution >= 4 is 0 Å². The Bertz CT molecular complexity index is 271. The maximum Gasteiger partial charge on any atom is 0.206 e. The maximum absolute atomic E-state index is 10.5. The summed E-state index contributed by atoms with van der Waals surface area (Å²) in [6.45, 7) is 5.37. The van der Waals surface area contributed by atoms with Gasteiger partial charge >= 0.3 is 0 Å². The van der Waals surface area contributed by atoms with Crippen molar-refractivity contribution in [3.63, 3.8) is 0 Å². The van der Waals surface area contributed by atoms with Gasteiger partial charge in [-0.15, -0.1) is 0 Å². The lowest BCUT2D eigenvalue weighted by Gasteiger charge is -2.35. The van der Waals surface area contributed by atoms with Crippen LogP contribution < -0.4 is 0 Å². The molecule has 86 valence electrons. The summed E-state index contributed by atoms with van der Waals surface area (Å²) >= 11 is 0. The normalized spacial score (nSPS) is 32.3. The van der Waals surface area contributed by atoms with E-state index in [1.54, 1.807) is 0 Å². The molecular weight excluding hydrogens is 198 g/mol. The summed E-state index contributed by atoms with van der Waals surface area (Å²) in [5.41, 5.74) is -0.121. The average molecular weight is 215 g/mol. The van der Waals surface area contributed by atoms with Crippen molar-refractivity contribution < 1.29 is 14.4 Å². The number of hydrogen-bond acceptors (Lipinski definition) is 4. The molecule has 0 bridgehead atoms. The zero-order valence-corrected chi connectivity index (χ0v) is 9.19. The molecule has 2 fully saturated rings. The molecule has 0 aromatic rings. The number of ether oxygens (including phenoxy) is 2. The van der Waals surface area contributed by atoms with Crippen LogP contribution in [-0.2, 0) is 9.47 Å². The third-order valence-corrected chi connectivity index (χ3v) is 3.55. The van der Waals surface area contributed by atoms with Crippen molar-refractivity contribution in [2.45, 2.75) is 32.5 Å². The Morgan fingerprint density at radius 3 is 2.47 bits per heavy atom. The monoisotopic (exact) mass is 215 g/mol. The molecule has 1 atom stereocenters. The Morgan fingerprint density at radius 2 is 1.93 bits per heavy atom. The SMILES string of the molecule is CC1(C)CC(C[N+](=O)[O-])CC12OCCO2. The fraction of sp³-hybridized carbons (Fsp3) is 1.00. The molecule has 0 aromatic heterocycles. The van der Waals surface area contributed by atoms with Gasteiger partial charge in [0.05, 0.1) is 13.2 Å². The molecule has 0 radical (unpaired) electrons. The first-order valence-electron chi connectivity index (χ1n) is 5.35. The van der Waals surface area contributed by atoms with Crippen LogP contribution in [0.3, 0.4) is 0 Å². The fourth-order valence-electron chi connectivity index (χ4n) is 2.91. The largest absolute Gasteiger partial charge is 0.347 e. The molecule has 5 heteroatoms. The number of nitrogens with zero attached hydrogens (tertiary/aromatic N) is 1. The maximum atomic E-state index is 10.5. The van der Waals surface area contributed by atoms with Crippen LogP contribution >= 0.6 is 0 Å². The number of rotatable bonds is 2. The Balaban J connectivity index is 2.10. The lowest BCUT2D eigenvalue weighted by molar-refractivity contribution is -0.488. The summed E-state index contributed by atoms with van der Waals surface area (Å²) in [5.74, 6) is -0.485. The third-order valence-electron chi connectivity index (χ3n) is 3.55. The molecule has 1 saturated heterocycles. The Kier molecular flexibility index (Phi) is 2.47. The van der Waals surface area contributed by atoms with Crippen LogP contribution in [0.2, 0.25) is 0 Å². The smallest absolute Gasteiger partial charge is 0.206 e.